The van der Waals surface area contributed by atoms with Crippen LogP contribution in [0.4, 0.5) is 0 Å². The number of carbonyl (C=O) groups is 1. The molecule has 1 aromatic rings. The summed E-state index contributed by atoms with van der Waals surface area (Å²) in [6.45, 7) is 0.667. The van der Waals surface area contributed by atoms with E-state index in [9.17, 15) is 9.90 Å². The predicted molar refractivity (Wildman–Crippen MR) is 55.8 cm³/mol. The molecule has 4 heteroatoms. The van der Waals surface area contributed by atoms with Gasteiger partial charge in [0.1, 0.15) is 11.4 Å². The van der Waals surface area contributed by atoms with Crippen molar-refractivity contribution in [2.45, 2.75) is 25.4 Å². The van der Waals surface area contributed by atoms with Gasteiger partial charge in [0.15, 0.2) is 6.29 Å². The Labute approximate surface area is 88.6 Å². The zero-order valence-corrected chi connectivity index (χ0v) is 8.68. The first-order valence-electron chi connectivity index (χ1n) is 5.04. The summed E-state index contributed by atoms with van der Waals surface area (Å²) in [5, 5.41) is 9.30. The van der Waals surface area contributed by atoms with Crippen LogP contribution in [0.3, 0.4) is 0 Å². The third-order valence-corrected chi connectivity index (χ3v) is 2.69. The van der Waals surface area contributed by atoms with Crippen molar-refractivity contribution in [1.29, 1.82) is 0 Å². The minimum Gasteiger partial charge on any atom is -0.506 e. The molecule has 0 amide bonds. The molecule has 1 N–H and O–H groups in total. The molecule has 0 aromatic carbocycles. The van der Waals surface area contributed by atoms with Gasteiger partial charge >= 0.3 is 0 Å². The van der Waals surface area contributed by atoms with Crippen LogP contribution < -0.4 is 0 Å². The highest BCUT2D eigenvalue weighted by molar-refractivity contribution is 5.74. The minimum absolute atomic E-state index is 0.111. The number of nitrogens with zero attached hydrogens (tertiary/aromatic N) is 2. The lowest BCUT2D eigenvalue weighted by atomic mass is 10.2. The molecule has 0 atom stereocenters. The highest BCUT2D eigenvalue weighted by atomic mass is 16.3. The van der Waals surface area contributed by atoms with E-state index >= 15 is 0 Å². The first-order valence-corrected chi connectivity index (χ1v) is 5.04. The number of rotatable bonds is 4. The molecular weight excluding hydrogens is 192 g/mol. The predicted octanol–water partition coefficient (Wildman–Crippen LogP) is 1.19. The second kappa shape index (κ2) is 3.98. The Hall–Kier alpha value is -1.42. The number of aromatic nitrogens is 1. The molecule has 0 spiro atoms. The quantitative estimate of drug-likeness (QED) is 0.752. The zero-order chi connectivity index (χ0) is 10.8. The van der Waals surface area contributed by atoms with E-state index in [1.165, 1.54) is 19.0 Å². The van der Waals surface area contributed by atoms with Crippen molar-refractivity contribution in [1.82, 2.24) is 9.88 Å². The summed E-state index contributed by atoms with van der Waals surface area (Å²) in [7, 11) is 2.02. The number of hydrogen-bond donors (Lipinski definition) is 1. The first kappa shape index (κ1) is 10.1. The molecule has 1 aliphatic rings. The molecule has 4 nitrogen and oxygen atoms in total. The average molecular weight is 206 g/mol. The fourth-order valence-electron chi connectivity index (χ4n) is 1.65. The smallest absolute Gasteiger partial charge is 0.168 e. The fourth-order valence-corrected chi connectivity index (χ4v) is 1.65. The van der Waals surface area contributed by atoms with Gasteiger partial charge in [-0.2, -0.15) is 0 Å². The number of pyridine rings is 1. The van der Waals surface area contributed by atoms with Crippen molar-refractivity contribution in [2.24, 2.45) is 0 Å². The summed E-state index contributed by atoms with van der Waals surface area (Å²) in [6.07, 6.45) is 4.47. The molecule has 1 heterocycles. The molecule has 1 fully saturated rings. The summed E-state index contributed by atoms with van der Waals surface area (Å²) in [6, 6.07) is 2.24. The van der Waals surface area contributed by atoms with Crippen molar-refractivity contribution in [3.05, 3.63) is 23.5 Å². The Morgan fingerprint density at radius 3 is 3.00 bits per heavy atom. The van der Waals surface area contributed by atoms with Gasteiger partial charge in [0.2, 0.25) is 0 Å². The van der Waals surface area contributed by atoms with Gasteiger partial charge < -0.3 is 5.11 Å². The van der Waals surface area contributed by atoms with E-state index in [-0.39, 0.29) is 5.75 Å². The first-order chi connectivity index (χ1) is 7.20. The summed E-state index contributed by atoms with van der Waals surface area (Å²) < 4.78 is 0. The summed E-state index contributed by atoms with van der Waals surface area (Å²) in [5.41, 5.74) is 1.21. The van der Waals surface area contributed by atoms with E-state index in [4.69, 9.17) is 0 Å². The molecule has 15 heavy (non-hydrogen) atoms. The van der Waals surface area contributed by atoms with Crippen molar-refractivity contribution in [2.75, 3.05) is 7.05 Å². The second-order valence-electron chi connectivity index (χ2n) is 4.00. The largest absolute Gasteiger partial charge is 0.506 e. The van der Waals surface area contributed by atoms with E-state index in [1.807, 2.05) is 7.05 Å². The van der Waals surface area contributed by atoms with Gasteiger partial charge in [0.05, 0.1) is 6.20 Å². The number of carbonyl (C=O) groups excluding carboxylic acids is 1. The SMILES string of the molecule is CN(Cc1cc(O)cnc1C=O)C1CC1. The topological polar surface area (TPSA) is 53.4 Å². The number of hydrogen-bond acceptors (Lipinski definition) is 4. The highest BCUT2D eigenvalue weighted by Gasteiger charge is 2.26. The normalized spacial score (nSPS) is 15.6. The van der Waals surface area contributed by atoms with Crippen molar-refractivity contribution in [3.63, 3.8) is 0 Å². The van der Waals surface area contributed by atoms with Crippen LogP contribution in [0.15, 0.2) is 12.3 Å². The molecule has 0 bridgehead atoms. The Balaban J connectivity index is 2.17. The maximum absolute atomic E-state index is 10.7. The van der Waals surface area contributed by atoms with Gasteiger partial charge in [0, 0.05) is 12.6 Å². The third kappa shape index (κ3) is 2.33. The molecule has 80 valence electrons. The number of aromatic hydroxyl groups is 1. The van der Waals surface area contributed by atoms with E-state index in [0.717, 1.165) is 11.8 Å². The average Bonchev–Trinajstić information content (AvgIpc) is 3.01. The number of aldehydes is 1. The lowest BCUT2D eigenvalue weighted by Gasteiger charge is -2.16. The van der Waals surface area contributed by atoms with Crippen molar-refractivity contribution >= 4 is 6.29 Å². The highest BCUT2D eigenvalue weighted by Crippen LogP contribution is 2.27. The standard InChI is InChI=1S/C11H14N2O2/c1-13(9-2-3-9)6-8-4-10(15)5-12-11(8)7-14/h4-5,7,9,15H,2-3,6H2,1H3. The van der Waals surface area contributed by atoms with Gasteiger partial charge in [-0.3, -0.25) is 9.69 Å². The zero-order valence-electron chi connectivity index (χ0n) is 8.68. The molecular formula is C11H14N2O2. The van der Waals surface area contributed by atoms with E-state index in [0.29, 0.717) is 18.3 Å². The second-order valence-corrected chi connectivity index (χ2v) is 4.00. The van der Waals surface area contributed by atoms with Crippen LogP contribution in [0.25, 0.3) is 0 Å². The molecule has 1 aliphatic carbocycles. The molecule has 1 aromatic heterocycles. The van der Waals surface area contributed by atoms with Crippen molar-refractivity contribution in [3.8, 4) is 5.75 Å². The van der Waals surface area contributed by atoms with Gasteiger partial charge in [-0.25, -0.2) is 4.98 Å². The van der Waals surface area contributed by atoms with Crippen LogP contribution in [0.5, 0.6) is 5.75 Å². The molecule has 1 saturated carbocycles. The summed E-state index contributed by atoms with van der Waals surface area (Å²) in [4.78, 5) is 16.8. The van der Waals surface area contributed by atoms with Gasteiger partial charge in [-0.15, -0.1) is 0 Å². The monoisotopic (exact) mass is 206 g/mol. The Bertz CT molecular complexity index is 375. The maximum atomic E-state index is 10.7. The van der Waals surface area contributed by atoms with Crippen LogP contribution in [-0.4, -0.2) is 34.4 Å². The Morgan fingerprint density at radius 1 is 1.67 bits per heavy atom. The Morgan fingerprint density at radius 2 is 2.40 bits per heavy atom. The molecule has 0 radical (unpaired) electrons. The lowest BCUT2D eigenvalue weighted by molar-refractivity contribution is 0.111. The van der Waals surface area contributed by atoms with Crippen LogP contribution >= 0.6 is 0 Å². The summed E-state index contributed by atoms with van der Waals surface area (Å²) in [5.74, 6) is 0.111. The van der Waals surface area contributed by atoms with E-state index < -0.39 is 0 Å². The molecule has 0 unspecified atom stereocenters. The molecule has 0 saturated heterocycles. The van der Waals surface area contributed by atoms with Crippen LogP contribution in [0, 0.1) is 0 Å². The third-order valence-electron chi connectivity index (χ3n) is 2.69. The lowest BCUT2D eigenvalue weighted by Crippen LogP contribution is -2.21. The van der Waals surface area contributed by atoms with Crippen LogP contribution in [0.2, 0.25) is 0 Å². The van der Waals surface area contributed by atoms with Gasteiger partial charge in [0.25, 0.3) is 0 Å². The molecule has 2 rings (SSSR count). The maximum Gasteiger partial charge on any atom is 0.168 e. The molecule has 0 aliphatic heterocycles. The van der Waals surface area contributed by atoms with Gasteiger partial charge in [-0.1, -0.05) is 0 Å². The van der Waals surface area contributed by atoms with Crippen LogP contribution in [-0.2, 0) is 6.54 Å². The van der Waals surface area contributed by atoms with E-state index in [1.54, 1.807) is 6.07 Å². The summed E-state index contributed by atoms with van der Waals surface area (Å²) >= 11 is 0. The van der Waals surface area contributed by atoms with Crippen molar-refractivity contribution < 1.29 is 9.90 Å². The van der Waals surface area contributed by atoms with Gasteiger partial charge in [-0.05, 0) is 31.5 Å². The van der Waals surface area contributed by atoms with Crippen LogP contribution in [0.1, 0.15) is 28.9 Å². The Kier molecular flexibility index (Phi) is 2.68. The minimum atomic E-state index is 0.111. The van der Waals surface area contributed by atoms with E-state index in [2.05, 4.69) is 9.88 Å². The fraction of sp³-hybridized carbons (Fsp3) is 0.455.